The van der Waals surface area contributed by atoms with Crippen LogP contribution in [-0.4, -0.2) is 18.1 Å². The molecule has 100 valence electrons. The number of benzene rings is 1. The molecule has 2 rings (SSSR count). The molecule has 0 amide bonds. The van der Waals surface area contributed by atoms with Gasteiger partial charge in [0.1, 0.15) is 5.01 Å². The molecule has 0 saturated carbocycles. The van der Waals surface area contributed by atoms with E-state index in [1.54, 1.807) is 17.4 Å². The Balaban J connectivity index is 1.97. The number of nitrogens with zero attached hydrogens (tertiary/aromatic N) is 1. The third-order valence-corrected chi connectivity index (χ3v) is 3.60. The molecule has 1 heterocycles. The molecule has 0 atom stereocenters. The van der Waals surface area contributed by atoms with Crippen molar-refractivity contribution in [3.63, 3.8) is 0 Å². The van der Waals surface area contributed by atoms with Gasteiger partial charge in [0.2, 0.25) is 0 Å². The van der Waals surface area contributed by atoms with Crippen LogP contribution < -0.4 is 5.32 Å². The maximum atomic E-state index is 11.6. The standard InChI is InChI=1S/C14H16N2O2S/c1-10-7-16-13(19-10)9-15-8-11-5-3-4-6-12(11)14(17)18-2/h3-7,15H,8-9H2,1-2H3. The average molecular weight is 276 g/mol. The molecule has 1 N–H and O–H groups in total. The fraction of sp³-hybridized carbons (Fsp3) is 0.286. The number of hydrogen-bond acceptors (Lipinski definition) is 5. The van der Waals surface area contributed by atoms with Gasteiger partial charge in [0.25, 0.3) is 0 Å². The fourth-order valence-corrected chi connectivity index (χ4v) is 2.53. The number of hydrogen-bond donors (Lipinski definition) is 1. The summed E-state index contributed by atoms with van der Waals surface area (Å²) in [6, 6.07) is 7.44. The van der Waals surface area contributed by atoms with Crippen LogP contribution in [0.1, 0.15) is 25.8 Å². The lowest BCUT2D eigenvalue weighted by Gasteiger charge is -2.08. The van der Waals surface area contributed by atoms with Crippen molar-refractivity contribution < 1.29 is 9.53 Å². The second kappa shape index (κ2) is 6.45. The maximum Gasteiger partial charge on any atom is 0.338 e. The van der Waals surface area contributed by atoms with E-state index in [1.807, 2.05) is 31.3 Å². The van der Waals surface area contributed by atoms with Crippen molar-refractivity contribution in [2.75, 3.05) is 7.11 Å². The Hall–Kier alpha value is -1.72. The summed E-state index contributed by atoms with van der Waals surface area (Å²) in [4.78, 5) is 17.1. The summed E-state index contributed by atoms with van der Waals surface area (Å²) in [6.07, 6.45) is 1.87. The van der Waals surface area contributed by atoms with Crippen molar-refractivity contribution in [3.8, 4) is 0 Å². The van der Waals surface area contributed by atoms with Gasteiger partial charge < -0.3 is 10.1 Å². The summed E-state index contributed by atoms with van der Waals surface area (Å²) in [7, 11) is 1.39. The minimum Gasteiger partial charge on any atom is -0.465 e. The molecule has 1 aromatic heterocycles. The Labute approximate surface area is 116 Å². The number of aryl methyl sites for hydroxylation is 1. The second-order valence-electron chi connectivity index (χ2n) is 4.12. The first-order valence-corrected chi connectivity index (χ1v) is 6.80. The highest BCUT2D eigenvalue weighted by Gasteiger charge is 2.10. The second-order valence-corrected chi connectivity index (χ2v) is 5.44. The van der Waals surface area contributed by atoms with Crippen molar-refractivity contribution in [2.45, 2.75) is 20.0 Å². The molecular weight excluding hydrogens is 260 g/mol. The number of nitrogens with one attached hydrogen (secondary N) is 1. The lowest BCUT2D eigenvalue weighted by atomic mass is 10.1. The van der Waals surface area contributed by atoms with Crippen LogP contribution in [0.25, 0.3) is 0 Å². The van der Waals surface area contributed by atoms with Crippen molar-refractivity contribution in [1.29, 1.82) is 0 Å². The third kappa shape index (κ3) is 3.62. The van der Waals surface area contributed by atoms with Crippen molar-refractivity contribution in [1.82, 2.24) is 10.3 Å². The van der Waals surface area contributed by atoms with Crippen LogP contribution in [0.3, 0.4) is 0 Å². The zero-order valence-electron chi connectivity index (χ0n) is 11.0. The normalized spacial score (nSPS) is 10.4. The van der Waals surface area contributed by atoms with Crippen LogP contribution in [0.2, 0.25) is 0 Å². The number of esters is 1. The molecule has 0 aliphatic carbocycles. The van der Waals surface area contributed by atoms with Gasteiger partial charge in [0, 0.05) is 24.2 Å². The fourth-order valence-electron chi connectivity index (χ4n) is 1.77. The van der Waals surface area contributed by atoms with Gasteiger partial charge in [-0.2, -0.15) is 0 Å². The Morgan fingerprint density at radius 2 is 2.16 bits per heavy atom. The zero-order valence-corrected chi connectivity index (χ0v) is 11.8. The van der Waals surface area contributed by atoms with Gasteiger partial charge in [-0.3, -0.25) is 0 Å². The van der Waals surface area contributed by atoms with E-state index in [4.69, 9.17) is 4.74 Å². The molecule has 0 saturated heterocycles. The number of carbonyl (C=O) groups excluding carboxylic acids is 1. The first-order chi connectivity index (χ1) is 9.20. The molecule has 4 nitrogen and oxygen atoms in total. The molecule has 0 unspecified atom stereocenters. The molecule has 0 fully saturated rings. The Morgan fingerprint density at radius 1 is 1.37 bits per heavy atom. The molecule has 2 aromatic rings. The van der Waals surface area contributed by atoms with Gasteiger partial charge in [-0.05, 0) is 18.6 Å². The molecule has 5 heteroatoms. The number of carbonyl (C=O) groups is 1. The zero-order chi connectivity index (χ0) is 13.7. The molecule has 19 heavy (non-hydrogen) atoms. The predicted molar refractivity (Wildman–Crippen MR) is 75.2 cm³/mol. The van der Waals surface area contributed by atoms with Gasteiger partial charge >= 0.3 is 5.97 Å². The molecule has 0 aliphatic heterocycles. The largest absolute Gasteiger partial charge is 0.465 e. The summed E-state index contributed by atoms with van der Waals surface area (Å²) in [6.45, 7) is 3.35. The van der Waals surface area contributed by atoms with Crippen molar-refractivity contribution in [2.24, 2.45) is 0 Å². The van der Waals surface area contributed by atoms with Crippen molar-refractivity contribution in [3.05, 3.63) is 51.5 Å². The summed E-state index contributed by atoms with van der Waals surface area (Å²) in [5, 5.41) is 4.34. The number of thiazole rings is 1. The van der Waals surface area contributed by atoms with Crippen LogP contribution in [-0.2, 0) is 17.8 Å². The minimum atomic E-state index is -0.303. The SMILES string of the molecule is COC(=O)c1ccccc1CNCc1ncc(C)s1. The minimum absolute atomic E-state index is 0.303. The highest BCUT2D eigenvalue weighted by molar-refractivity contribution is 7.11. The van der Waals surface area contributed by atoms with E-state index in [1.165, 1.54) is 12.0 Å². The van der Waals surface area contributed by atoms with E-state index in [9.17, 15) is 4.79 Å². The van der Waals surface area contributed by atoms with E-state index < -0.39 is 0 Å². The predicted octanol–water partition coefficient (Wildman–Crippen LogP) is 2.53. The van der Waals surface area contributed by atoms with Gasteiger partial charge in [0.05, 0.1) is 12.7 Å². The Bertz CT molecular complexity index is 566. The number of aromatic nitrogens is 1. The topological polar surface area (TPSA) is 51.2 Å². The number of rotatable bonds is 5. The Kier molecular flexibility index (Phi) is 4.65. The van der Waals surface area contributed by atoms with Gasteiger partial charge in [0.15, 0.2) is 0 Å². The monoisotopic (exact) mass is 276 g/mol. The number of methoxy groups -OCH3 is 1. The van der Waals surface area contributed by atoms with Crippen LogP contribution >= 0.6 is 11.3 Å². The van der Waals surface area contributed by atoms with Crippen molar-refractivity contribution >= 4 is 17.3 Å². The Morgan fingerprint density at radius 3 is 2.84 bits per heavy atom. The van der Waals surface area contributed by atoms with Gasteiger partial charge in [-0.25, -0.2) is 9.78 Å². The summed E-state index contributed by atoms with van der Waals surface area (Å²) in [5.41, 5.74) is 1.54. The summed E-state index contributed by atoms with van der Waals surface area (Å²) < 4.78 is 4.77. The molecule has 1 aromatic carbocycles. The maximum absolute atomic E-state index is 11.6. The highest BCUT2D eigenvalue weighted by Crippen LogP contribution is 2.12. The van der Waals surface area contributed by atoms with Crippen LogP contribution in [0.4, 0.5) is 0 Å². The third-order valence-electron chi connectivity index (χ3n) is 2.68. The van der Waals surface area contributed by atoms with E-state index in [0.717, 1.165) is 10.6 Å². The lowest BCUT2D eigenvalue weighted by molar-refractivity contribution is 0.0599. The van der Waals surface area contributed by atoms with Gasteiger partial charge in [-0.15, -0.1) is 11.3 Å². The molecule has 0 radical (unpaired) electrons. The molecule has 0 bridgehead atoms. The van der Waals surface area contributed by atoms with Crippen LogP contribution in [0.5, 0.6) is 0 Å². The lowest BCUT2D eigenvalue weighted by Crippen LogP contribution is -2.15. The number of ether oxygens (including phenoxy) is 1. The summed E-state index contributed by atoms with van der Waals surface area (Å²) in [5.74, 6) is -0.303. The molecular formula is C14H16N2O2S. The van der Waals surface area contributed by atoms with E-state index in [0.29, 0.717) is 18.7 Å². The first kappa shape index (κ1) is 13.7. The van der Waals surface area contributed by atoms with Crippen LogP contribution in [0, 0.1) is 6.92 Å². The van der Waals surface area contributed by atoms with E-state index in [-0.39, 0.29) is 5.97 Å². The first-order valence-electron chi connectivity index (χ1n) is 5.99. The summed E-state index contributed by atoms with van der Waals surface area (Å²) >= 11 is 1.67. The average Bonchev–Trinajstić information content (AvgIpc) is 2.84. The highest BCUT2D eigenvalue weighted by atomic mass is 32.1. The van der Waals surface area contributed by atoms with E-state index in [2.05, 4.69) is 10.3 Å². The van der Waals surface area contributed by atoms with Crippen LogP contribution in [0.15, 0.2) is 30.5 Å². The van der Waals surface area contributed by atoms with E-state index >= 15 is 0 Å². The van der Waals surface area contributed by atoms with Gasteiger partial charge in [-0.1, -0.05) is 18.2 Å². The smallest absolute Gasteiger partial charge is 0.338 e. The molecule has 0 aliphatic rings. The quantitative estimate of drug-likeness (QED) is 0.853. The molecule has 0 spiro atoms.